The number of hydrogen-bond donors (Lipinski definition) is 2. The third-order valence-corrected chi connectivity index (χ3v) is 3.58. The van der Waals surface area contributed by atoms with Crippen LogP contribution in [0.2, 0.25) is 0 Å². The SMILES string of the molecule is Cc1c(C(=O)O)ccc(N2CCCCC2)c1C(=O)O. The summed E-state index contributed by atoms with van der Waals surface area (Å²) >= 11 is 0. The van der Waals surface area contributed by atoms with Gasteiger partial charge in [0, 0.05) is 13.1 Å². The van der Waals surface area contributed by atoms with Gasteiger partial charge in [0.1, 0.15) is 0 Å². The summed E-state index contributed by atoms with van der Waals surface area (Å²) in [4.78, 5) is 24.6. The first kappa shape index (κ1) is 13.4. The molecule has 0 aliphatic carbocycles. The van der Waals surface area contributed by atoms with Crippen LogP contribution in [0.1, 0.15) is 45.5 Å². The van der Waals surface area contributed by atoms with Crippen molar-refractivity contribution >= 4 is 17.6 Å². The maximum atomic E-state index is 11.4. The fourth-order valence-electron chi connectivity index (χ4n) is 2.60. The van der Waals surface area contributed by atoms with E-state index in [1.165, 1.54) is 6.07 Å². The maximum absolute atomic E-state index is 11.4. The molecule has 0 radical (unpaired) electrons. The number of nitrogens with zero attached hydrogens (tertiary/aromatic N) is 1. The molecule has 0 bridgehead atoms. The molecule has 2 rings (SSSR count). The summed E-state index contributed by atoms with van der Waals surface area (Å²) in [6.07, 6.45) is 3.24. The second-order valence-corrected chi connectivity index (χ2v) is 4.79. The molecule has 0 unspecified atom stereocenters. The van der Waals surface area contributed by atoms with E-state index in [-0.39, 0.29) is 11.1 Å². The highest BCUT2D eigenvalue weighted by Crippen LogP contribution is 2.29. The van der Waals surface area contributed by atoms with Crippen molar-refractivity contribution < 1.29 is 19.8 Å². The van der Waals surface area contributed by atoms with Gasteiger partial charge in [-0.3, -0.25) is 0 Å². The van der Waals surface area contributed by atoms with Gasteiger partial charge < -0.3 is 15.1 Å². The Morgan fingerprint density at radius 2 is 1.68 bits per heavy atom. The van der Waals surface area contributed by atoms with Gasteiger partial charge in [-0.1, -0.05) is 0 Å². The average molecular weight is 263 g/mol. The first-order valence-electron chi connectivity index (χ1n) is 6.37. The molecule has 102 valence electrons. The zero-order valence-electron chi connectivity index (χ0n) is 10.8. The van der Waals surface area contributed by atoms with Gasteiger partial charge in [-0.25, -0.2) is 9.59 Å². The highest BCUT2D eigenvalue weighted by atomic mass is 16.4. The molecular formula is C14H17NO4. The van der Waals surface area contributed by atoms with Crippen LogP contribution in [0, 0.1) is 6.92 Å². The Kier molecular flexibility index (Phi) is 3.74. The van der Waals surface area contributed by atoms with Crippen molar-refractivity contribution in [3.05, 3.63) is 28.8 Å². The molecule has 1 saturated heterocycles. The van der Waals surface area contributed by atoms with Gasteiger partial charge in [-0.2, -0.15) is 0 Å². The lowest BCUT2D eigenvalue weighted by molar-refractivity contribution is 0.0696. The molecule has 19 heavy (non-hydrogen) atoms. The zero-order chi connectivity index (χ0) is 14.0. The molecule has 0 saturated carbocycles. The van der Waals surface area contributed by atoms with E-state index < -0.39 is 11.9 Å². The number of carbonyl (C=O) groups is 2. The molecule has 0 amide bonds. The molecular weight excluding hydrogens is 246 g/mol. The Morgan fingerprint density at radius 3 is 2.21 bits per heavy atom. The number of carboxylic acids is 2. The van der Waals surface area contributed by atoms with Gasteiger partial charge in [0.05, 0.1) is 16.8 Å². The minimum absolute atomic E-state index is 0.0539. The minimum Gasteiger partial charge on any atom is -0.478 e. The van der Waals surface area contributed by atoms with Crippen LogP contribution in [0.15, 0.2) is 12.1 Å². The van der Waals surface area contributed by atoms with Crippen LogP contribution in [0.4, 0.5) is 5.69 Å². The molecule has 0 atom stereocenters. The van der Waals surface area contributed by atoms with Crippen LogP contribution in [-0.4, -0.2) is 35.2 Å². The van der Waals surface area contributed by atoms with E-state index in [1.54, 1.807) is 13.0 Å². The lowest BCUT2D eigenvalue weighted by atomic mass is 9.98. The molecule has 5 heteroatoms. The second-order valence-electron chi connectivity index (χ2n) is 4.79. The smallest absolute Gasteiger partial charge is 0.338 e. The molecule has 1 aliphatic rings. The van der Waals surface area contributed by atoms with E-state index in [9.17, 15) is 14.7 Å². The number of benzene rings is 1. The molecule has 0 spiro atoms. The molecule has 2 N–H and O–H groups in total. The predicted molar refractivity (Wildman–Crippen MR) is 71.2 cm³/mol. The maximum Gasteiger partial charge on any atom is 0.338 e. The molecule has 5 nitrogen and oxygen atoms in total. The summed E-state index contributed by atoms with van der Waals surface area (Å²) in [5, 5.41) is 18.4. The zero-order valence-corrected chi connectivity index (χ0v) is 10.8. The first-order chi connectivity index (χ1) is 9.02. The van der Waals surface area contributed by atoms with E-state index in [1.807, 2.05) is 4.90 Å². The van der Waals surface area contributed by atoms with Crippen molar-refractivity contribution in [1.82, 2.24) is 0 Å². The monoisotopic (exact) mass is 263 g/mol. The van der Waals surface area contributed by atoms with Crippen molar-refractivity contribution in [1.29, 1.82) is 0 Å². The normalized spacial score (nSPS) is 15.3. The summed E-state index contributed by atoms with van der Waals surface area (Å²) < 4.78 is 0. The second kappa shape index (κ2) is 5.30. The van der Waals surface area contributed by atoms with E-state index in [4.69, 9.17) is 5.11 Å². The molecule has 1 aromatic carbocycles. The van der Waals surface area contributed by atoms with Crippen LogP contribution in [-0.2, 0) is 0 Å². The average Bonchev–Trinajstić information content (AvgIpc) is 2.38. The summed E-state index contributed by atoms with van der Waals surface area (Å²) in [5.74, 6) is -2.16. The molecule has 0 aromatic heterocycles. The molecule has 1 heterocycles. The lowest BCUT2D eigenvalue weighted by Gasteiger charge is -2.30. The first-order valence-corrected chi connectivity index (χ1v) is 6.37. The standard InChI is InChI=1S/C14H17NO4/c1-9-10(13(16)17)5-6-11(12(9)14(18)19)15-7-3-2-4-8-15/h5-6H,2-4,7-8H2,1H3,(H,16,17)(H,18,19). The Balaban J connectivity index is 2.51. The van der Waals surface area contributed by atoms with Gasteiger partial charge >= 0.3 is 11.9 Å². The number of anilines is 1. The van der Waals surface area contributed by atoms with Gasteiger partial charge in [0.15, 0.2) is 0 Å². The summed E-state index contributed by atoms with van der Waals surface area (Å²) in [6.45, 7) is 3.21. The van der Waals surface area contributed by atoms with Crippen molar-refractivity contribution in [2.75, 3.05) is 18.0 Å². The van der Waals surface area contributed by atoms with E-state index in [0.717, 1.165) is 32.4 Å². The van der Waals surface area contributed by atoms with E-state index >= 15 is 0 Å². The topological polar surface area (TPSA) is 77.8 Å². The van der Waals surface area contributed by atoms with Crippen molar-refractivity contribution in [2.24, 2.45) is 0 Å². The van der Waals surface area contributed by atoms with Crippen LogP contribution in [0.5, 0.6) is 0 Å². The molecule has 1 fully saturated rings. The van der Waals surface area contributed by atoms with Gasteiger partial charge in [-0.15, -0.1) is 0 Å². The number of carboxylic acid groups (broad SMARTS) is 2. The summed E-state index contributed by atoms with van der Waals surface area (Å²) in [7, 11) is 0. The third-order valence-electron chi connectivity index (χ3n) is 3.58. The number of aromatic carboxylic acids is 2. The Bertz CT molecular complexity index is 518. The molecule has 1 aromatic rings. The van der Waals surface area contributed by atoms with Gasteiger partial charge in [0.2, 0.25) is 0 Å². The summed E-state index contributed by atoms with van der Waals surface area (Å²) in [6, 6.07) is 3.11. The van der Waals surface area contributed by atoms with E-state index in [0.29, 0.717) is 11.3 Å². The number of rotatable bonds is 3. The van der Waals surface area contributed by atoms with Crippen LogP contribution >= 0.6 is 0 Å². The highest BCUT2D eigenvalue weighted by molar-refractivity contribution is 6.01. The highest BCUT2D eigenvalue weighted by Gasteiger charge is 2.23. The number of piperidine rings is 1. The Morgan fingerprint density at radius 1 is 1.05 bits per heavy atom. The largest absolute Gasteiger partial charge is 0.478 e. The van der Waals surface area contributed by atoms with Gasteiger partial charge in [-0.05, 0) is 43.9 Å². The number of hydrogen-bond acceptors (Lipinski definition) is 3. The Hall–Kier alpha value is -2.04. The lowest BCUT2D eigenvalue weighted by Crippen LogP contribution is -2.31. The third kappa shape index (κ3) is 2.54. The van der Waals surface area contributed by atoms with Crippen molar-refractivity contribution in [2.45, 2.75) is 26.2 Å². The van der Waals surface area contributed by atoms with Crippen LogP contribution in [0.3, 0.4) is 0 Å². The Labute approximate surface area is 111 Å². The summed E-state index contributed by atoms with van der Waals surface area (Å²) in [5.41, 5.74) is 1.12. The fourth-order valence-corrected chi connectivity index (χ4v) is 2.60. The van der Waals surface area contributed by atoms with Crippen molar-refractivity contribution in [3.8, 4) is 0 Å². The van der Waals surface area contributed by atoms with Crippen LogP contribution in [0.25, 0.3) is 0 Å². The quantitative estimate of drug-likeness (QED) is 0.875. The van der Waals surface area contributed by atoms with Gasteiger partial charge in [0.25, 0.3) is 0 Å². The molecule has 1 aliphatic heterocycles. The van der Waals surface area contributed by atoms with E-state index in [2.05, 4.69) is 0 Å². The predicted octanol–water partition coefficient (Wildman–Crippen LogP) is 2.38. The fraction of sp³-hybridized carbons (Fsp3) is 0.429. The van der Waals surface area contributed by atoms with Crippen LogP contribution < -0.4 is 4.90 Å². The minimum atomic E-state index is -1.09. The van der Waals surface area contributed by atoms with Crippen molar-refractivity contribution in [3.63, 3.8) is 0 Å².